The number of benzene rings is 1. The summed E-state index contributed by atoms with van der Waals surface area (Å²) in [5, 5.41) is 7.78. The van der Waals surface area contributed by atoms with Crippen LogP contribution in [0.4, 0.5) is 4.39 Å². The molecule has 1 aliphatic rings. The second kappa shape index (κ2) is 9.88. The minimum atomic E-state index is -0.726. The van der Waals surface area contributed by atoms with Gasteiger partial charge in [0.15, 0.2) is 6.10 Å². The molecule has 3 heterocycles. The number of aromatic amines is 1. The molecule has 1 saturated heterocycles. The summed E-state index contributed by atoms with van der Waals surface area (Å²) in [4.78, 5) is 34.3. The summed E-state index contributed by atoms with van der Waals surface area (Å²) in [5.41, 5.74) is 2.85. The van der Waals surface area contributed by atoms with Crippen molar-refractivity contribution in [3.63, 3.8) is 0 Å². The number of H-pyrrole nitrogens is 1. The summed E-state index contributed by atoms with van der Waals surface area (Å²) in [6, 6.07) is 4.35. The highest BCUT2D eigenvalue weighted by atomic mass is 35.5. The number of hydrogen-bond acceptors (Lipinski definition) is 5. The fourth-order valence-corrected chi connectivity index (χ4v) is 3.99. The van der Waals surface area contributed by atoms with Crippen molar-refractivity contribution in [2.45, 2.75) is 39.3 Å². The van der Waals surface area contributed by atoms with Crippen molar-refractivity contribution in [1.82, 2.24) is 30.0 Å². The van der Waals surface area contributed by atoms with Gasteiger partial charge in [-0.3, -0.25) is 14.3 Å². The van der Waals surface area contributed by atoms with Crippen LogP contribution < -0.4 is 5.32 Å². The van der Waals surface area contributed by atoms with Crippen LogP contribution in [0.2, 0.25) is 5.02 Å². The number of morpholine rings is 1. The van der Waals surface area contributed by atoms with Crippen LogP contribution in [0.1, 0.15) is 23.6 Å². The Labute approximate surface area is 195 Å². The number of nitrogens with zero attached hydrogens (tertiary/aromatic N) is 4. The van der Waals surface area contributed by atoms with E-state index in [1.165, 1.54) is 12.1 Å². The SMILES string of the molecule is Cc1nn(CCC(=O)N2CCOC(C(=O)NCCc3nc4ccc(F)cc4[nH]3)C2)c(C)c1Cl. The fourth-order valence-electron chi connectivity index (χ4n) is 3.86. The minimum absolute atomic E-state index is 0.0608. The Bertz CT molecular complexity index is 1180. The van der Waals surface area contributed by atoms with Crippen LogP contribution in [-0.2, 0) is 27.3 Å². The van der Waals surface area contributed by atoms with E-state index in [0.717, 1.165) is 11.4 Å². The molecule has 1 fully saturated rings. The van der Waals surface area contributed by atoms with Gasteiger partial charge in [0.05, 0.1) is 47.1 Å². The Morgan fingerprint density at radius 1 is 1.36 bits per heavy atom. The lowest BCUT2D eigenvalue weighted by atomic mass is 10.2. The van der Waals surface area contributed by atoms with E-state index in [1.54, 1.807) is 15.6 Å². The Balaban J connectivity index is 1.25. The summed E-state index contributed by atoms with van der Waals surface area (Å²) in [6.07, 6.45) is -0.00221. The smallest absolute Gasteiger partial charge is 0.251 e. The highest BCUT2D eigenvalue weighted by Gasteiger charge is 2.29. The van der Waals surface area contributed by atoms with Crippen LogP contribution in [0.3, 0.4) is 0 Å². The van der Waals surface area contributed by atoms with Crippen molar-refractivity contribution in [3.8, 4) is 0 Å². The van der Waals surface area contributed by atoms with Gasteiger partial charge in [-0.25, -0.2) is 9.37 Å². The van der Waals surface area contributed by atoms with E-state index in [2.05, 4.69) is 20.4 Å². The van der Waals surface area contributed by atoms with Gasteiger partial charge in [0.25, 0.3) is 5.91 Å². The largest absolute Gasteiger partial charge is 0.365 e. The van der Waals surface area contributed by atoms with Gasteiger partial charge in [-0.1, -0.05) is 11.6 Å². The Morgan fingerprint density at radius 3 is 2.94 bits per heavy atom. The summed E-state index contributed by atoms with van der Waals surface area (Å²) < 4.78 is 20.6. The number of amides is 2. The van der Waals surface area contributed by atoms with Gasteiger partial charge in [-0.05, 0) is 32.0 Å². The molecular weight excluding hydrogens is 451 g/mol. The second-order valence-electron chi connectivity index (χ2n) is 8.04. The molecule has 1 unspecified atom stereocenters. The average molecular weight is 477 g/mol. The second-order valence-corrected chi connectivity index (χ2v) is 8.42. The summed E-state index contributed by atoms with van der Waals surface area (Å²) in [5.74, 6) is -0.0194. The number of nitrogens with one attached hydrogen (secondary N) is 2. The van der Waals surface area contributed by atoms with Crippen LogP contribution in [0, 0.1) is 19.7 Å². The van der Waals surface area contributed by atoms with Crippen LogP contribution in [0.25, 0.3) is 11.0 Å². The van der Waals surface area contributed by atoms with E-state index in [0.29, 0.717) is 54.5 Å². The molecule has 1 aromatic carbocycles. The zero-order valence-corrected chi connectivity index (χ0v) is 19.3. The number of rotatable bonds is 7. The summed E-state index contributed by atoms with van der Waals surface area (Å²) in [6.45, 7) is 5.40. The molecule has 1 aliphatic heterocycles. The van der Waals surface area contributed by atoms with Crippen molar-refractivity contribution in [3.05, 3.63) is 46.3 Å². The number of halogens is 2. The summed E-state index contributed by atoms with van der Waals surface area (Å²) >= 11 is 6.16. The van der Waals surface area contributed by atoms with E-state index in [9.17, 15) is 14.0 Å². The first-order chi connectivity index (χ1) is 15.8. The van der Waals surface area contributed by atoms with E-state index >= 15 is 0 Å². The van der Waals surface area contributed by atoms with Crippen LogP contribution in [0.5, 0.6) is 0 Å². The van der Waals surface area contributed by atoms with Gasteiger partial charge in [0.1, 0.15) is 11.6 Å². The molecule has 0 bridgehead atoms. The molecule has 3 aromatic rings. The van der Waals surface area contributed by atoms with Gasteiger partial charge in [0.2, 0.25) is 5.91 Å². The molecule has 0 saturated carbocycles. The maximum Gasteiger partial charge on any atom is 0.251 e. The van der Waals surface area contributed by atoms with Gasteiger partial charge < -0.3 is 19.9 Å². The van der Waals surface area contributed by atoms with Gasteiger partial charge in [-0.15, -0.1) is 0 Å². The zero-order valence-electron chi connectivity index (χ0n) is 18.5. The molecule has 2 aromatic heterocycles. The van der Waals surface area contributed by atoms with E-state index in [4.69, 9.17) is 16.3 Å². The molecule has 0 spiro atoms. The number of hydrogen-bond donors (Lipinski definition) is 2. The minimum Gasteiger partial charge on any atom is -0.365 e. The molecule has 33 heavy (non-hydrogen) atoms. The normalized spacial score (nSPS) is 16.4. The first kappa shape index (κ1) is 23.2. The lowest BCUT2D eigenvalue weighted by Gasteiger charge is -2.32. The maximum atomic E-state index is 13.3. The third kappa shape index (κ3) is 5.33. The highest BCUT2D eigenvalue weighted by Crippen LogP contribution is 2.19. The molecule has 176 valence electrons. The molecular formula is C22H26ClFN6O3. The van der Waals surface area contributed by atoms with Gasteiger partial charge in [0, 0.05) is 25.9 Å². The molecule has 9 nitrogen and oxygen atoms in total. The zero-order chi connectivity index (χ0) is 23.5. The Hall–Kier alpha value is -2.98. The third-order valence-electron chi connectivity index (χ3n) is 5.70. The Morgan fingerprint density at radius 2 is 2.18 bits per heavy atom. The first-order valence-electron chi connectivity index (χ1n) is 10.8. The molecule has 0 aliphatic carbocycles. The first-order valence-corrected chi connectivity index (χ1v) is 11.2. The number of aromatic nitrogens is 4. The molecule has 11 heteroatoms. The van der Waals surface area contributed by atoms with E-state index in [1.807, 2.05) is 13.8 Å². The third-order valence-corrected chi connectivity index (χ3v) is 6.24. The van der Waals surface area contributed by atoms with Crippen molar-refractivity contribution >= 4 is 34.4 Å². The number of fused-ring (bicyclic) bond motifs is 1. The van der Waals surface area contributed by atoms with Crippen molar-refractivity contribution in [2.24, 2.45) is 0 Å². The maximum absolute atomic E-state index is 13.3. The molecule has 2 amide bonds. The van der Waals surface area contributed by atoms with Crippen LogP contribution in [-0.4, -0.2) is 68.8 Å². The highest BCUT2D eigenvalue weighted by molar-refractivity contribution is 6.31. The molecule has 0 radical (unpaired) electrons. The molecule has 2 N–H and O–H groups in total. The predicted octanol–water partition coefficient (Wildman–Crippen LogP) is 2.15. The van der Waals surface area contributed by atoms with Crippen LogP contribution in [0.15, 0.2) is 18.2 Å². The van der Waals surface area contributed by atoms with E-state index in [-0.39, 0.29) is 30.6 Å². The average Bonchev–Trinajstić information content (AvgIpc) is 3.32. The van der Waals surface area contributed by atoms with Crippen LogP contribution >= 0.6 is 11.6 Å². The number of carbonyl (C=O) groups is 2. The molecule has 4 rings (SSSR count). The van der Waals surface area contributed by atoms with Crippen molar-refractivity contribution < 1.29 is 18.7 Å². The fraction of sp³-hybridized carbons (Fsp3) is 0.455. The Kier molecular flexibility index (Phi) is 6.94. The van der Waals surface area contributed by atoms with Crippen molar-refractivity contribution in [1.29, 1.82) is 0 Å². The molecule has 1 atom stereocenters. The van der Waals surface area contributed by atoms with Crippen molar-refractivity contribution in [2.75, 3.05) is 26.2 Å². The number of aryl methyl sites for hydroxylation is 2. The monoisotopic (exact) mass is 476 g/mol. The predicted molar refractivity (Wildman–Crippen MR) is 120 cm³/mol. The van der Waals surface area contributed by atoms with Gasteiger partial charge >= 0.3 is 0 Å². The number of carbonyl (C=O) groups excluding carboxylic acids is 2. The lowest BCUT2D eigenvalue weighted by Crippen LogP contribution is -2.52. The van der Waals surface area contributed by atoms with Gasteiger partial charge in [-0.2, -0.15) is 5.10 Å². The number of imidazole rings is 1. The topological polar surface area (TPSA) is 105 Å². The standard InChI is InChI=1S/C22H26ClFN6O3/c1-13-21(23)14(2)30(28-13)8-6-20(31)29-9-10-33-18(12-29)22(32)25-7-5-19-26-16-4-3-15(24)11-17(16)27-19/h3-4,11,18H,5-10,12H2,1-2H3,(H,25,32)(H,26,27). The number of ether oxygens (including phenoxy) is 1. The van der Waals surface area contributed by atoms with E-state index < -0.39 is 6.10 Å². The lowest BCUT2D eigenvalue weighted by molar-refractivity contribution is -0.147. The quantitative estimate of drug-likeness (QED) is 0.543. The summed E-state index contributed by atoms with van der Waals surface area (Å²) in [7, 11) is 0.